The Balaban J connectivity index is 2.12. The maximum absolute atomic E-state index is 11.0. The molecule has 0 spiro atoms. The molecule has 0 aromatic heterocycles. The lowest BCUT2D eigenvalue weighted by atomic mass is 9.95. The summed E-state index contributed by atoms with van der Waals surface area (Å²) in [6, 6.07) is 0.626. The van der Waals surface area contributed by atoms with Gasteiger partial charge in [0.15, 0.2) is 0 Å². The summed E-state index contributed by atoms with van der Waals surface area (Å²) < 4.78 is 0. The first-order valence-electron chi connectivity index (χ1n) is 5.73. The lowest BCUT2D eigenvalue weighted by Crippen LogP contribution is -2.37. The maximum atomic E-state index is 11.0. The van der Waals surface area contributed by atoms with Gasteiger partial charge in [-0.2, -0.15) is 11.8 Å². The number of thioether (sulfide) groups is 1. The molecule has 0 saturated heterocycles. The van der Waals surface area contributed by atoms with E-state index in [1.807, 2.05) is 11.8 Å². The van der Waals surface area contributed by atoms with Crippen molar-refractivity contribution in [3.63, 3.8) is 0 Å². The topological polar surface area (TPSA) is 41.1 Å². The lowest BCUT2D eigenvalue weighted by Gasteiger charge is -2.28. The molecule has 1 rings (SSSR count). The number of hydrogen-bond donors (Lipinski definition) is 2. The van der Waals surface area contributed by atoms with Crippen LogP contribution in [0.5, 0.6) is 0 Å². The Morgan fingerprint density at radius 2 is 2.27 bits per heavy atom. The minimum Gasteiger partial charge on any atom is -0.359 e. The molecule has 3 nitrogen and oxygen atoms in total. The molecule has 1 amide bonds. The van der Waals surface area contributed by atoms with Crippen LogP contribution < -0.4 is 10.6 Å². The van der Waals surface area contributed by atoms with Crippen molar-refractivity contribution in [1.29, 1.82) is 0 Å². The van der Waals surface area contributed by atoms with Crippen molar-refractivity contribution in [2.24, 2.45) is 0 Å². The van der Waals surface area contributed by atoms with Crippen molar-refractivity contribution in [3.05, 3.63) is 0 Å². The normalized spacial score (nSPS) is 26.3. The summed E-state index contributed by atoms with van der Waals surface area (Å²) in [4.78, 5) is 11.0. The quantitative estimate of drug-likeness (QED) is 0.750. The summed E-state index contributed by atoms with van der Waals surface area (Å²) in [5.74, 6) is 0.125. The van der Waals surface area contributed by atoms with Gasteiger partial charge < -0.3 is 10.6 Å². The average Bonchev–Trinajstić information content (AvgIpc) is 2.29. The van der Waals surface area contributed by atoms with Crippen LogP contribution in [0.3, 0.4) is 0 Å². The highest BCUT2D eigenvalue weighted by molar-refractivity contribution is 7.99. The van der Waals surface area contributed by atoms with Crippen LogP contribution in [0.15, 0.2) is 0 Å². The summed E-state index contributed by atoms with van der Waals surface area (Å²) in [6.45, 7) is 0.811. The third-order valence-electron chi connectivity index (χ3n) is 3.02. The summed E-state index contributed by atoms with van der Waals surface area (Å²) in [6.07, 6.45) is 7.99. The van der Waals surface area contributed by atoms with E-state index in [-0.39, 0.29) is 5.91 Å². The molecule has 0 aromatic rings. The van der Waals surface area contributed by atoms with Crippen LogP contribution in [0.25, 0.3) is 0 Å². The molecule has 0 heterocycles. The summed E-state index contributed by atoms with van der Waals surface area (Å²) in [5.41, 5.74) is 0. The van der Waals surface area contributed by atoms with Gasteiger partial charge in [0.25, 0.3) is 0 Å². The Morgan fingerprint density at radius 3 is 2.93 bits per heavy atom. The van der Waals surface area contributed by atoms with Gasteiger partial charge in [-0.3, -0.25) is 4.79 Å². The van der Waals surface area contributed by atoms with Crippen molar-refractivity contribution in [2.75, 3.05) is 19.8 Å². The number of carbonyl (C=O) groups excluding carboxylic acids is 1. The first-order valence-corrected chi connectivity index (χ1v) is 7.01. The summed E-state index contributed by atoms with van der Waals surface area (Å²) in [5, 5.41) is 6.93. The standard InChI is InChI=1S/C11H22N2OS/c1-12-11(14)6-7-13-9-4-3-5-10(8-9)15-2/h9-10,13H,3-8H2,1-2H3,(H,12,14). The maximum Gasteiger partial charge on any atom is 0.221 e. The SMILES string of the molecule is CNC(=O)CCNC1CCCC(SC)C1. The van der Waals surface area contributed by atoms with E-state index in [0.29, 0.717) is 12.5 Å². The molecule has 0 radical (unpaired) electrons. The number of nitrogens with one attached hydrogen (secondary N) is 2. The van der Waals surface area contributed by atoms with Gasteiger partial charge in [0.1, 0.15) is 0 Å². The van der Waals surface area contributed by atoms with E-state index in [1.165, 1.54) is 25.7 Å². The van der Waals surface area contributed by atoms with E-state index >= 15 is 0 Å². The van der Waals surface area contributed by atoms with Gasteiger partial charge in [-0.05, 0) is 25.5 Å². The van der Waals surface area contributed by atoms with E-state index in [9.17, 15) is 4.79 Å². The van der Waals surface area contributed by atoms with Crippen molar-refractivity contribution >= 4 is 17.7 Å². The highest BCUT2D eigenvalue weighted by Crippen LogP contribution is 2.26. The molecule has 2 unspecified atom stereocenters. The number of amides is 1. The van der Waals surface area contributed by atoms with E-state index in [2.05, 4.69) is 16.9 Å². The minimum absolute atomic E-state index is 0.125. The first-order chi connectivity index (χ1) is 7.26. The van der Waals surface area contributed by atoms with Crippen LogP contribution in [0.4, 0.5) is 0 Å². The minimum atomic E-state index is 0.125. The molecule has 88 valence electrons. The highest BCUT2D eigenvalue weighted by atomic mass is 32.2. The molecule has 0 aromatic carbocycles. The highest BCUT2D eigenvalue weighted by Gasteiger charge is 2.20. The predicted molar refractivity (Wildman–Crippen MR) is 66.2 cm³/mol. The summed E-state index contributed by atoms with van der Waals surface area (Å²) >= 11 is 1.97. The summed E-state index contributed by atoms with van der Waals surface area (Å²) in [7, 11) is 1.69. The van der Waals surface area contributed by atoms with Gasteiger partial charge in [0.2, 0.25) is 5.91 Å². The molecule has 0 bridgehead atoms. The largest absolute Gasteiger partial charge is 0.359 e. The van der Waals surface area contributed by atoms with Crippen LogP contribution in [0.2, 0.25) is 0 Å². The van der Waals surface area contributed by atoms with E-state index < -0.39 is 0 Å². The number of hydrogen-bond acceptors (Lipinski definition) is 3. The first kappa shape index (κ1) is 12.8. The van der Waals surface area contributed by atoms with Crippen LogP contribution in [-0.2, 0) is 4.79 Å². The van der Waals surface area contributed by atoms with Gasteiger partial charge in [-0.25, -0.2) is 0 Å². The Bertz CT molecular complexity index is 199. The van der Waals surface area contributed by atoms with Crippen LogP contribution in [0, 0.1) is 0 Å². The molecule has 1 aliphatic carbocycles. The van der Waals surface area contributed by atoms with Gasteiger partial charge in [-0.1, -0.05) is 6.42 Å². The molecule has 2 atom stereocenters. The fraction of sp³-hybridized carbons (Fsp3) is 0.909. The van der Waals surface area contributed by atoms with Crippen molar-refractivity contribution in [1.82, 2.24) is 10.6 Å². The molecule has 1 saturated carbocycles. The van der Waals surface area contributed by atoms with Gasteiger partial charge in [-0.15, -0.1) is 0 Å². The van der Waals surface area contributed by atoms with Gasteiger partial charge in [0.05, 0.1) is 0 Å². The zero-order valence-corrected chi connectivity index (χ0v) is 10.5. The molecule has 2 N–H and O–H groups in total. The Morgan fingerprint density at radius 1 is 1.47 bits per heavy atom. The van der Waals surface area contributed by atoms with E-state index in [4.69, 9.17) is 0 Å². The van der Waals surface area contributed by atoms with E-state index in [1.54, 1.807) is 7.05 Å². The van der Waals surface area contributed by atoms with Crippen molar-refractivity contribution < 1.29 is 4.79 Å². The number of carbonyl (C=O) groups is 1. The second kappa shape index (κ2) is 7.12. The third kappa shape index (κ3) is 4.89. The van der Waals surface area contributed by atoms with Gasteiger partial charge >= 0.3 is 0 Å². The molecule has 1 aliphatic rings. The Kier molecular flexibility index (Phi) is 6.10. The molecule has 1 fully saturated rings. The van der Waals surface area contributed by atoms with E-state index in [0.717, 1.165) is 11.8 Å². The van der Waals surface area contributed by atoms with Crippen LogP contribution in [0.1, 0.15) is 32.1 Å². The zero-order valence-electron chi connectivity index (χ0n) is 9.71. The monoisotopic (exact) mass is 230 g/mol. The predicted octanol–water partition coefficient (Wildman–Crippen LogP) is 1.39. The fourth-order valence-corrected chi connectivity index (χ4v) is 2.89. The fourth-order valence-electron chi connectivity index (χ4n) is 2.06. The third-order valence-corrected chi connectivity index (χ3v) is 4.12. The second-order valence-electron chi connectivity index (χ2n) is 4.10. The smallest absolute Gasteiger partial charge is 0.221 e. The molecular weight excluding hydrogens is 208 g/mol. The van der Waals surface area contributed by atoms with Crippen LogP contribution in [-0.4, -0.2) is 37.0 Å². The average molecular weight is 230 g/mol. The van der Waals surface area contributed by atoms with Crippen LogP contribution >= 0.6 is 11.8 Å². The molecular formula is C11H22N2OS. The second-order valence-corrected chi connectivity index (χ2v) is 5.24. The van der Waals surface area contributed by atoms with Crippen molar-refractivity contribution in [2.45, 2.75) is 43.4 Å². The Hall–Kier alpha value is -0.220. The molecule has 4 heteroatoms. The zero-order chi connectivity index (χ0) is 11.1. The molecule has 0 aliphatic heterocycles. The molecule has 15 heavy (non-hydrogen) atoms. The Labute approximate surface area is 96.8 Å². The van der Waals surface area contributed by atoms with Gasteiger partial charge in [0, 0.05) is 31.3 Å². The number of rotatable bonds is 5. The van der Waals surface area contributed by atoms with Crippen molar-refractivity contribution in [3.8, 4) is 0 Å². The lowest BCUT2D eigenvalue weighted by molar-refractivity contribution is -0.120.